The van der Waals surface area contributed by atoms with Crippen molar-refractivity contribution in [2.75, 3.05) is 5.75 Å². The van der Waals surface area contributed by atoms with E-state index in [1.165, 1.54) is 44.3 Å². The first-order chi connectivity index (χ1) is 9.83. The highest BCUT2D eigenvalue weighted by Gasteiger charge is 2.36. The summed E-state index contributed by atoms with van der Waals surface area (Å²) in [5.74, 6) is 3.15. The van der Waals surface area contributed by atoms with E-state index in [2.05, 4.69) is 14.8 Å². The van der Waals surface area contributed by atoms with Crippen LogP contribution in [0.25, 0.3) is 0 Å². The van der Waals surface area contributed by atoms with E-state index in [9.17, 15) is 4.79 Å². The summed E-state index contributed by atoms with van der Waals surface area (Å²) in [6.45, 7) is 0. The summed E-state index contributed by atoms with van der Waals surface area (Å²) in [6, 6.07) is 0.615. The average Bonchev–Trinajstić information content (AvgIpc) is 3.39. The summed E-state index contributed by atoms with van der Waals surface area (Å²) in [4.78, 5) is 12.2. The molecule has 0 aromatic carbocycles. The Balaban J connectivity index is 1.44. The van der Waals surface area contributed by atoms with Gasteiger partial charge in [0.1, 0.15) is 11.6 Å². The van der Waals surface area contributed by atoms with E-state index in [1.807, 2.05) is 0 Å². The number of carbonyl (C=O) groups excluding carboxylic acids is 1. The molecule has 3 fully saturated rings. The summed E-state index contributed by atoms with van der Waals surface area (Å²) >= 11 is 1.62. The van der Waals surface area contributed by atoms with Crippen molar-refractivity contribution in [1.29, 1.82) is 0 Å². The van der Waals surface area contributed by atoms with Crippen LogP contribution in [0.2, 0.25) is 0 Å². The third-order valence-electron chi connectivity index (χ3n) is 4.70. The molecule has 5 heteroatoms. The van der Waals surface area contributed by atoms with Gasteiger partial charge in [-0.25, -0.2) is 0 Å². The van der Waals surface area contributed by atoms with Crippen LogP contribution in [0, 0.1) is 5.92 Å². The zero-order chi connectivity index (χ0) is 13.5. The van der Waals surface area contributed by atoms with Crippen molar-refractivity contribution in [3.05, 3.63) is 5.82 Å². The number of carbonyl (C=O) groups is 1. The van der Waals surface area contributed by atoms with E-state index < -0.39 is 0 Å². The van der Waals surface area contributed by atoms with Crippen molar-refractivity contribution in [3.8, 4) is 0 Å². The Labute approximate surface area is 123 Å². The minimum atomic E-state index is 0.322. The maximum absolute atomic E-state index is 12.2. The van der Waals surface area contributed by atoms with Crippen LogP contribution in [0.5, 0.6) is 0 Å². The van der Waals surface area contributed by atoms with Crippen molar-refractivity contribution in [3.63, 3.8) is 0 Å². The average molecular weight is 291 g/mol. The molecule has 0 spiro atoms. The third-order valence-corrected chi connectivity index (χ3v) is 5.66. The predicted molar refractivity (Wildman–Crippen MR) is 78.0 cm³/mol. The standard InChI is InChI=1S/C15H21N3OS/c19-13(10-3-1-2-4-10)9-20-15-17-16-14(11-5-6-11)18(15)12-7-8-12/h10-12H,1-9H2. The number of hydrogen-bond acceptors (Lipinski definition) is 4. The molecule has 0 amide bonds. The molecule has 0 bridgehead atoms. The van der Waals surface area contributed by atoms with Crippen LogP contribution in [0.1, 0.15) is 69.2 Å². The summed E-state index contributed by atoms with van der Waals surface area (Å²) in [5, 5.41) is 9.74. The molecule has 20 heavy (non-hydrogen) atoms. The SMILES string of the molecule is O=C(CSc1nnc(C2CC2)n1C1CC1)C1CCCC1. The fourth-order valence-corrected chi connectivity index (χ4v) is 4.17. The van der Waals surface area contributed by atoms with Gasteiger partial charge < -0.3 is 4.57 Å². The zero-order valence-electron chi connectivity index (χ0n) is 11.8. The molecule has 3 saturated carbocycles. The number of nitrogens with zero attached hydrogens (tertiary/aromatic N) is 3. The highest BCUT2D eigenvalue weighted by atomic mass is 32.2. The first-order valence-corrected chi connectivity index (χ1v) is 8.92. The van der Waals surface area contributed by atoms with Crippen molar-refractivity contribution < 1.29 is 4.79 Å². The lowest BCUT2D eigenvalue weighted by Gasteiger charge is -2.09. The van der Waals surface area contributed by atoms with Gasteiger partial charge in [-0.2, -0.15) is 0 Å². The molecule has 0 radical (unpaired) electrons. The minimum Gasteiger partial charge on any atom is -0.303 e. The van der Waals surface area contributed by atoms with E-state index >= 15 is 0 Å². The Morgan fingerprint density at radius 2 is 1.85 bits per heavy atom. The molecule has 1 aromatic heterocycles. The van der Waals surface area contributed by atoms with Crippen LogP contribution in [0.3, 0.4) is 0 Å². The monoisotopic (exact) mass is 291 g/mol. The molecular weight excluding hydrogens is 270 g/mol. The Kier molecular flexibility index (Phi) is 3.33. The minimum absolute atomic E-state index is 0.322. The molecule has 1 heterocycles. The second kappa shape index (κ2) is 5.17. The summed E-state index contributed by atoms with van der Waals surface area (Å²) in [6.07, 6.45) is 9.68. The molecule has 0 saturated heterocycles. The van der Waals surface area contributed by atoms with Gasteiger partial charge >= 0.3 is 0 Å². The van der Waals surface area contributed by atoms with Gasteiger partial charge in [-0.15, -0.1) is 10.2 Å². The number of hydrogen-bond donors (Lipinski definition) is 0. The van der Waals surface area contributed by atoms with Crippen molar-refractivity contribution in [2.45, 2.75) is 68.5 Å². The van der Waals surface area contributed by atoms with Crippen LogP contribution < -0.4 is 0 Å². The van der Waals surface area contributed by atoms with E-state index in [4.69, 9.17) is 0 Å². The number of Topliss-reactive ketones (excluding diaryl/α,β-unsaturated/α-hetero) is 1. The van der Waals surface area contributed by atoms with Crippen molar-refractivity contribution in [1.82, 2.24) is 14.8 Å². The third kappa shape index (κ3) is 2.52. The molecule has 108 valence electrons. The second-order valence-electron chi connectivity index (χ2n) is 6.45. The van der Waals surface area contributed by atoms with Crippen molar-refractivity contribution >= 4 is 17.5 Å². The molecule has 4 rings (SSSR count). The van der Waals surface area contributed by atoms with Gasteiger partial charge in [-0.3, -0.25) is 4.79 Å². The second-order valence-corrected chi connectivity index (χ2v) is 7.40. The molecule has 3 aliphatic rings. The fourth-order valence-electron chi connectivity index (χ4n) is 3.18. The maximum Gasteiger partial charge on any atom is 0.191 e. The summed E-state index contributed by atoms with van der Waals surface area (Å²) < 4.78 is 2.34. The fraction of sp³-hybridized carbons (Fsp3) is 0.800. The quantitative estimate of drug-likeness (QED) is 0.754. The number of ketones is 1. The molecule has 0 aliphatic heterocycles. The predicted octanol–water partition coefficient (Wildman–Crippen LogP) is 3.34. The Hall–Kier alpha value is -0.840. The molecule has 4 nitrogen and oxygen atoms in total. The first-order valence-electron chi connectivity index (χ1n) is 7.93. The van der Waals surface area contributed by atoms with Crippen LogP contribution >= 0.6 is 11.8 Å². The largest absolute Gasteiger partial charge is 0.303 e. The molecule has 1 aromatic rings. The van der Waals surface area contributed by atoms with Gasteiger partial charge in [0.05, 0.1) is 5.75 Å². The Morgan fingerprint density at radius 3 is 2.50 bits per heavy atom. The summed E-state index contributed by atoms with van der Waals surface area (Å²) in [5.41, 5.74) is 0. The van der Waals surface area contributed by atoms with Crippen LogP contribution in [-0.4, -0.2) is 26.3 Å². The van der Waals surface area contributed by atoms with Crippen LogP contribution in [-0.2, 0) is 4.79 Å². The zero-order valence-corrected chi connectivity index (χ0v) is 12.6. The van der Waals surface area contributed by atoms with Gasteiger partial charge in [-0.05, 0) is 38.5 Å². The topological polar surface area (TPSA) is 47.8 Å². The first kappa shape index (κ1) is 12.9. The smallest absolute Gasteiger partial charge is 0.191 e. The normalized spacial score (nSPS) is 23.4. The lowest BCUT2D eigenvalue weighted by Crippen LogP contribution is -2.13. The van der Waals surface area contributed by atoms with E-state index in [0.29, 0.717) is 29.4 Å². The molecule has 3 aliphatic carbocycles. The molecule has 0 N–H and O–H groups in total. The lowest BCUT2D eigenvalue weighted by molar-refractivity contribution is -0.120. The van der Waals surface area contributed by atoms with Crippen LogP contribution in [0.4, 0.5) is 0 Å². The van der Waals surface area contributed by atoms with Gasteiger partial charge in [0, 0.05) is 17.9 Å². The number of thioether (sulfide) groups is 1. The van der Waals surface area contributed by atoms with Gasteiger partial charge in [0.25, 0.3) is 0 Å². The Morgan fingerprint density at radius 1 is 1.10 bits per heavy atom. The van der Waals surface area contributed by atoms with Gasteiger partial charge in [-0.1, -0.05) is 24.6 Å². The van der Waals surface area contributed by atoms with Crippen LogP contribution in [0.15, 0.2) is 5.16 Å². The van der Waals surface area contributed by atoms with Gasteiger partial charge in [0.2, 0.25) is 0 Å². The molecule has 0 atom stereocenters. The maximum atomic E-state index is 12.2. The molecule has 0 unspecified atom stereocenters. The van der Waals surface area contributed by atoms with E-state index in [-0.39, 0.29) is 0 Å². The summed E-state index contributed by atoms with van der Waals surface area (Å²) in [7, 11) is 0. The highest BCUT2D eigenvalue weighted by molar-refractivity contribution is 7.99. The highest BCUT2D eigenvalue weighted by Crippen LogP contribution is 2.46. The van der Waals surface area contributed by atoms with Crippen molar-refractivity contribution in [2.24, 2.45) is 5.92 Å². The lowest BCUT2D eigenvalue weighted by atomic mass is 10.0. The number of rotatable bonds is 6. The number of aromatic nitrogens is 3. The van der Waals surface area contributed by atoms with E-state index in [1.54, 1.807) is 11.8 Å². The Bertz CT molecular complexity index is 513. The van der Waals surface area contributed by atoms with E-state index in [0.717, 1.165) is 18.0 Å². The van der Waals surface area contributed by atoms with Gasteiger partial charge in [0.15, 0.2) is 5.16 Å². The molecular formula is C15H21N3OS.